The minimum atomic E-state index is -0.00942. The Balaban J connectivity index is 1.40. The minimum absolute atomic E-state index is 0.00942. The summed E-state index contributed by atoms with van der Waals surface area (Å²) >= 11 is 0. The highest BCUT2D eigenvalue weighted by Gasteiger charge is 2.23. The van der Waals surface area contributed by atoms with Gasteiger partial charge in [-0.3, -0.25) is 9.59 Å². The van der Waals surface area contributed by atoms with Gasteiger partial charge in [-0.25, -0.2) is 0 Å². The van der Waals surface area contributed by atoms with E-state index in [9.17, 15) is 9.59 Å². The van der Waals surface area contributed by atoms with E-state index < -0.39 is 0 Å². The molecular weight excluding hydrogens is 316 g/mol. The van der Waals surface area contributed by atoms with Crippen LogP contribution in [-0.2, 0) is 4.79 Å². The lowest BCUT2D eigenvalue weighted by Gasteiger charge is -2.20. The lowest BCUT2D eigenvalue weighted by Crippen LogP contribution is -2.30. The summed E-state index contributed by atoms with van der Waals surface area (Å²) < 4.78 is 5.78. The van der Waals surface area contributed by atoms with Crippen molar-refractivity contribution in [3.63, 3.8) is 0 Å². The first-order chi connectivity index (χ1) is 12.1. The first-order valence-electron chi connectivity index (χ1n) is 9.41. The lowest BCUT2D eigenvalue weighted by molar-refractivity contribution is -0.127. The van der Waals surface area contributed by atoms with E-state index >= 15 is 0 Å². The lowest BCUT2D eigenvalue weighted by atomic mass is 10.1. The van der Waals surface area contributed by atoms with Crippen LogP contribution in [0.5, 0.6) is 5.75 Å². The van der Waals surface area contributed by atoms with Gasteiger partial charge in [0.25, 0.3) is 0 Å². The summed E-state index contributed by atoms with van der Waals surface area (Å²) in [4.78, 5) is 28.0. The van der Waals surface area contributed by atoms with Gasteiger partial charge in [0.2, 0.25) is 5.91 Å². The second-order valence-corrected chi connectivity index (χ2v) is 7.10. The third kappa shape index (κ3) is 4.82. The van der Waals surface area contributed by atoms with Gasteiger partial charge in [-0.05, 0) is 63.4 Å². The second kappa shape index (κ2) is 8.48. The fourth-order valence-electron chi connectivity index (χ4n) is 3.66. The average Bonchev–Trinajstić information content (AvgIpc) is 3.21. The Morgan fingerprint density at radius 3 is 2.64 bits per heavy atom. The van der Waals surface area contributed by atoms with Crippen molar-refractivity contribution in [3.05, 3.63) is 29.8 Å². The molecule has 3 rings (SSSR count). The predicted molar refractivity (Wildman–Crippen MR) is 97.0 cm³/mol. The summed E-state index contributed by atoms with van der Waals surface area (Å²) in [6.45, 7) is 6.16. The van der Waals surface area contributed by atoms with Gasteiger partial charge in [0.1, 0.15) is 5.75 Å². The number of nitrogens with zero attached hydrogens (tertiary/aromatic N) is 2. The zero-order valence-electron chi connectivity index (χ0n) is 15.1. The molecule has 1 amide bonds. The van der Waals surface area contributed by atoms with Gasteiger partial charge >= 0.3 is 0 Å². The van der Waals surface area contributed by atoms with Crippen LogP contribution in [-0.4, -0.2) is 60.3 Å². The molecule has 0 aliphatic carbocycles. The van der Waals surface area contributed by atoms with Crippen molar-refractivity contribution in [1.29, 1.82) is 0 Å². The van der Waals surface area contributed by atoms with Crippen molar-refractivity contribution < 1.29 is 14.3 Å². The molecule has 0 spiro atoms. The van der Waals surface area contributed by atoms with E-state index in [1.165, 1.54) is 19.4 Å². The Kier molecular flexibility index (Phi) is 6.08. The standard InChI is InChI=1S/C20H28N2O3/c1-16-5-2-11-21(16)13-4-14-25-18-9-7-17(8-10-18)19(23)15-22-12-3-6-20(22)24/h7-10,16H,2-6,11-15H2,1H3. The van der Waals surface area contributed by atoms with E-state index in [4.69, 9.17) is 4.74 Å². The maximum absolute atomic E-state index is 12.3. The highest BCUT2D eigenvalue weighted by molar-refractivity contribution is 5.99. The Bertz CT molecular complexity index is 599. The van der Waals surface area contributed by atoms with Crippen LogP contribution in [0.1, 0.15) is 49.4 Å². The van der Waals surface area contributed by atoms with E-state index in [1.54, 1.807) is 17.0 Å². The van der Waals surface area contributed by atoms with Gasteiger partial charge < -0.3 is 14.5 Å². The molecule has 2 saturated heterocycles. The SMILES string of the molecule is CC1CCCN1CCCOc1ccc(C(=O)CN2CCCC2=O)cc1. The average molecular weight is 344 g/mol. The quantitative estimate of drug-likeness (QED) is 0.537. The molecule has 5 nitrogen and oxygen atoms in total. The summed E-state index contributed by atoms with van der Waals surface area (Å²) in [5.41, 5.74) is 0.637. The number of benzene rings is 1. The maximum atomic E-state index is 12.3. The van der Waals surface area contributed by atoms with E-state index in [0.717, 1.165) is 25.1 Å². The van der Waals surface area contributed by atoms with Crippen molar-refractivity contribution in [3.8, 4) is 5.75 Å². The number of ketones is 1. The molecule has 1 aromatic rings. The topological polar surface area (TPSA) is 49.9 Å². The van der Waals surface area contributed by atoms with Crippen molar-refractivity contribution in [1.82, 2.24) is 9.80 Å². The highest BCUT2D eigenvalue weighted by atomic mass is 16.5. The van der Waals surface area contributed by atoms with Crippen molar-refractivity contribution in [2.45, 2.75) is 45.1 Å². The summed E-state index contributed by atoms with van der Waals surface area (Å²) in [5.74, 6) is 0.869. The molecule has 2 aliphatic heterocycles. The zero-order chi connectivity index (χ0) is 17.6. The number of hydrogen-bond acceptors (Lipinski definition) is 4. The van der Waals surface area contributed by atoms with Gasteiger partial charge in [0, 0.05) is 31.1 Å². The summed E-state index contributed by atoms with van der Waals surface area (Å²) in [6.07, 6.45) is 5.05. The first-order valence-corrected chi connectivity index (χ1v) is 9.41. The van der Waals surface area contributed by atoms with Crippen LogP contribution >= 0.6 is 0 Å². The molecule has 136 valence electrons. The molecule has 5 heteroatoms. The van der Waals surface area contributed by atoms with Crippen LogP contribution in [0, 0.1) is 0 Å². The Morgan fingerprint density at radius 1 is 1.20 bits per heavy atom. The number of rotatable bonds is 8. The minimum Gasteiger partial charge on any atom is -0.494 e. The molecule has 1 unspecified atom stereocenters. The molecule has 1 atom stereocenters. The van der Waals surface area contributed by atoms with Gasteiger partial charge in [-0.15, -0.1) is 0 Å². The van der Waals surface area contributed by atoms with Crippen molar-refractivity contribution in [2.24, 2.45) is 0 Å². The number of carbonyl (C=O) groups excluding carboxylic acids is 2. The van der Waals surface area contributed by atoms with Crippen LogP contribution in [0.15, 0.2) is 24.3 Å². The fourth-order valence-corrected chi connectivity index (χ4v) is 3.66. The predicted octanol–water partition coefficient (Wildman–Crippen LogP) is 2.74. The van der Waals surface area contributed by atoms with Crippen LogP contribution in [0.3, 0.4) is 0 Å². The van der Waals surface area contributed by atoms with Crippen LogP contribution in [0.4, 0.5) is 0 Å². The highest BCUT2D eigenvalue weighted by Crippen LogP contribution is 2.17. The molecule has 2 heterocycles. The number of Topliss-reactive ketones (excluding diaryl/α,β-unsaturated/α-hetero) is 1. The number of likely N-dealkylation sites (tertiary alicyclic amines) is 2. The van der Waals surface area contributed by atoms with Gasteiger partial charge in [0.05, 0.1) is 13.2 Å². The van der Waals surface area contributed by atoms with Crippen LogP contribution < -0.4 is 4.74 Å². The smallest absolute Gasteiger partial charge is 0.223 e. The van der Waals surface area contributed by atoms with Gasteiger partial charge in [-0.1, -0.05) is 0 Å². The number of ether oxygens (including phenoxy) is 1. The number of carbonyl (C=O) groups is 2. The fraction of sp³-hybridized carbons (Fsp3) is 0.600. The first kappa shape index (κ1) is 17.9. The van der Waals surface area contributed by atoms with Gasteiger partial charge in [0.15, 0.2) is 5.78 Å². The zero-order valence-corrected chi connectivity index (χ0v) is 15.1. The number of hydrogen-bond donors (Lipinski definition) is 0. The van der Waals surface area contributed by atoms with Gasteiger partial charge in [-0.2, -0.15) is 0 Å². The van der Waals surface area contributed by atoms with E-state index in [0.29, 0.717) is 31.2 Å². The Hall–Kier alpha value is -1.88. The summed E-state index contributed by atoms with van der Waals surface area (Å²) in [6, 6.07) is 7.98. The molecule has 0 N–H and O–H groups in total. The molecule has 0 aromatic heterocycles. The molecule has 2 fully saturated rings. The number of amides is 1. The maximum Gasteiger partial charge on any atom is 0.223 e. The summed E-state index contributed by atoms with van der Waals surface area (Å²) in [5, 5.41) is 0. The molecule has 0 radical (unpaired) electrons. The third-order valence-corrected chi connectivity index (χ3v) is 5.23. The largest absolute Gasteiger partial charge is 0.494 e. The van der Waals surface area contributed by atoms with E-state index in [1.807, 2.05) is 12.1 Å². The molecule has 0 bridgehead atoms. The Labute approximate surface area is 149 Å². The monoisotopic (exact) mass is 344 g/mol. The molecular formula is C20H28N2O3. The van der Waals surface area contributed by atoms with E-state index in [2.05, 4.69) is 11.8 Å². The molecule has 0 saturated carbocycles. The van der Waals surface area contributed by atoms with Crippen molar-refractivity contribution >= 4 is 11.7 Å². The van der Waals surface area contributed by atoms with Crippen LogP contribution in [0.25, 0.3) is 0 Å². The normalized spacial score (nSPS) is 21.1. The summed E-state index contributed by atoms with van der Waals surface area (Å²) in [7, 11) is 0. The Morgan fingerprint density at radius 2 is 2.00 bits per heavy atom. The van der Waals surface area contributed by atoms with E-state index in [-0.39, 0.29) is 18.2 Å². The van der Waals surface area contributed by atoms with Crippen molar-refractivity contribution in [2.75, 3.05) is 32.8 Å². The molecule has 25 heavy (non-hydrogen) atoms. The second-order valence-electron chi connectivity index (χ2n) is 7.10. The molecule has 2 aliphatic rings. The third-order valence-electron chi connectivity index (χ3n) is 5.23. The van der Waals surface area contributed by atoms with Crippen LogP contribution in [0.2, 0.25) is 0 Å². The molecule has 1 aromatic carbocycles.